The summed E-state index contributed by atoms with van der Waals surface area (Å²) in [7, 11) is 17.8. The van der Waals surface area contributed by atoms with Gasteiger partial charge < -0.3 is 0 Å². The molecule has 0 N–H and O–H groups in total. The third kappa shape index (κ3) is 1.65. The van der Waals surface area contributed by atoms with E-state index in [1.54, 1.807) is 0 Å². The summed E-state index contributed by atoms with van der Waals surface area (Å²) in [6, 6.07) is 0. The van der Waals surface area contributed by atoms with Gasteiger partial charge >= 0.3 is 0 Å². The largest absolute Gasteiger partial charge is 0.114 e. The molecule has 0 aliphatic heterocycles. The van der Waals surface area contributed by atoms with E-state index in [1.165, 1.54) is 0 Å². The average molecular weight is 178 g/mol. The topological polar surface area (TPSA) is 0 Å². The van der Waals surface area contributed by atoms with Crippen LogP contribution in [0.1, 0.15) is 36.5 Å². The van der Waals surface area contributed by atoms with Crippen LogP contribution in [0.25, 0.3) is 0 Å². The van der Waals surface area contributed by atoms with Gasteiger partial charge in [-0.25, -0.2) is 0 Å². The summed E-state index contributed by atoms with van der Waals surface area (Å²) < 4.78 is 0. The lowest BCUT2D eigenvalue weighted by Crippen LogP contribution is -2.39. The van der Waals surface area contributed by atoms with Crippen molar-refractivity contribution in [2.24, 2.45) is 0 Å². The lowest BCUT2D eigenvalue weighted by Gasteiger charge is -2.22. The van der Waals surface area contributed by atoms with E-state index in [2.05, 4.69) is 13.8 Å². The van der Waals surface area contributed by atoms with Gasteiger partial charge in [-0.2, -0.15) is 0 Å². The highest BCUT2D eigenvalue weighted by molar-refractivity contribution is 6.52. The number of hydrogen-bond acceptors (Lipinski definition) is 0. The zero-order valence-electron chi connectivity index (χ0n) is 9.31. The first-order valence-corrected chi connectivity index (χ1v) is 4.81. The molecule has 0 atom stereocenters. The molecule has 14 heavy (non-hydrogen) atoms. The molecule has 1 aromatic rings. The van der Waals surface area contributed by atoms with Crippen LogP contribution < -0.4 is 16.4 Å². The van der Waals surface area contributed by atoms with Gasteiger partial charge in [-0.3, -0.25) is 0 Å². The molecule has 0 saturated carbocycles. The Labute approximate surface area is 90.7 Å². The Morgan fingerprint density at radius 2 is 1.29 bits per heavy atom. The first-order valence-electron chi connectivity index (χ1n) is 4.81. The summed E-state index contributed by atoms with van der Waals surface area (Å²) >= 11 is 0. The number of hydrogen-bond donors (Lipinski definition) is 0. The van der Waals surface area contributed by atoms with Crippen molar-refractivity contribution in [3.8, 4) is 0 Å². The van der Waals surface area contributed by atoms with E-state index in [4.69, 9.17) is 23.5 Å². The monoisotopic (exact) mass is 178 g/mol. The minimum absolute atomic E-state index is 0.347. The van der Waals surface area contributed by atoms with E-state index >= 15 is 0 Å². The van der Waals surface area contributed by atoms with Gasteiger partial charge in [0.05, 0.1) is 0 Å². The summed E-state index contributed by atoms with van der Waals surface area (Å²) in [5, 5.41) is 0. The Kier molecular flexibility index (Phi) is 3.19. The van der Waals surface area contributed by atoms with Crippen LogP contribution in [0.2, 0.25) is 0 Å². The minimum Gasteiger partial charge on any atom is -0.101 e. The number of rotatable bonds is 1. The van der Waals surface area contributed by atoms with Gasteiger partial charge in [0, 0.05) is 0 Å². The SMILES string of the molecule is [B]c1c([B])c(C(C)C)c(C)c([B])c1C. The summed E-state index contributed by atoms with van der Waals surface area (Å²) in [6.07, 6.45) is 0. The van der Waals surface area contributed by atoms with Crippen molar-refractivity contribution >= 4 is 39.9 Å². The Balaban J connectivity index is 3.60. The zero-order chi connectivity index (χ0) is 11.0. The van der Waals surface area contributed by atoms with Crippen LogP contribution in [0.4, 0.5) is 0 Å². The zero-order valence-corrected chi connectivity index (χ0v) is 9.31. The highest BCUT2D eigenvalue weighted by atomic mass is 14.1. The van der Waals surface area contributed by atoms with Gasteiger partial charge in [0.1, 0.15) is 23.5 Å². The van der Waals surface area contributed by atoms with Crippen LogP contribution in [0.15, 0.2) is 0 Å². The van der Waals surface area contributed by atoms with Gasteiger partial charge in [-0.05, 0) is 19.8 Å². The standard InChI is InChI=1S/C11H13B3/c1-5(2)8-6(3)9(12)7(4)10(13)11(8)14/h5H,1-4H3. The maximum Gasteiger partial charge on any atom is 0.114 e. The van der Waals surface area contributed by atoms with Crippen molar-refractivity contribution in [2.45, 2.75) is 33.6 Å². The summed E-state index contributed by atoms with van der Waals surface area (Å²) in [4.78, 5) is 0. The average Bonchev–Trinajstić information content (AvgIpc) is 2.11. The van der Waals surface area contributed by atoms with E-state index in [9.17, 15) is 0 Å². The van der Waals surface area contributed by atoms with Gasteiger partial charge in [0.2, 0.25) is 0 Å². The molecule has 0 aliphatic rings. The molecule has 0 unspecified atom stereocenters. The Hall–Kier alpha value is -0.585. The lowest BCUT2D eigenvalue weighted by molar-refractivity contribution is 0.865. The Morgan fingerprint density at radius 1 is 0.786 bits per heavy atom. The predicted molar refractivity (Wildman–Crippen MR) is 66.2 cm³/mol. The molecular formula is C11H13B3. The van der Waals surface area contributed by atoms with Crippen LogP contribution in [0, 0.1) is 13.8 Å². The van der Waals surface area contributed by atoms with Gasteiger partial charge in [-0.15, -0.1) is 5.46 Å². The third-order valence-corrected chi connectivity index (χ3v) is 2.77. The third-order valence-electron chi connectivity index (χ3n) is 2.77. The van der Waals surface area contributed by atoms with Gasteiger partial charge in [0.15, 0.2) is 0 Å². The van der Waals surface area contributed by atoms with Crippen molar-refractivity contribution in [3.05, 3.63) is 16.7 Å². The van der Waals surface area contributed by atoms with Gasteiger partial charge in [0.25, 0.3) is 0 Å². The quantitative estimate of drug-likeness (QED) is 0.522. The van der Waals surface area contributed by atoms with Crippen molar-refractivity contribution in [2.75, 3.05) is 0 Å². The smallest absolute Gasteiger partial charge is 0.101 e. The molecule has 1 rings (SSSR count). The van der Waals surface area contributed by atoms with Crippen LogP contribution in [-0.2, 0) is 0 Å². The Morgan fingerprint density at radius 3 is 1.71 bits per heavy atom. The van der Waals surface area contributed by atoms with Crippen molar-refractivity contribution in [1.29, 1.82) is 0 Å². The maximum atomic E-state index is 5.97. The van der Waals surface area contributed by atoms with Crippen LogP contribution in [0.5, 0.6) is 0 Å². The van der Waals surface area contributed by atoms with Gasteiger partial charge in [-0.1, -0.05) is 41.5 Å². The molecular weight excluding hydrogens is 165 g/mol. The Bertz CT molecular complexity index is 338. The molecule has 66 valence electrons. The van der Waals surface area contributed by atoms with E-state index in [0.29, 0.717) is 16.8 Å². The highest BCUT2D eigenvalue weighted by Gasteiger charge is 2.12. The van der Waals surface area contributed by atoms with Crippen LogP contribution in [0.3, 0.4) is 0 Å². The first-order chi connectivity index (χ1) is 6.37. The van der Waals surface area contributed by atoms with Crippen molar-refractivity contribution in [3.63, 3.8) is 0 Å². The van der Waals surface area contributed by atoms with E-state index in [-0.39, 0.29) is 0 Å². The predicted octanol–water partition coefficient (Wildman–Crippen LogP) is -0.192. The molecule has 0 bridgehead atoms. The highest BCUT2D eigenvalue weighted by Crippen LogP contribution is 2.14. The van der Waals surface area contributed by atoms with Crippen molar-refractivity contribution in [1.82, 2.24) is 0 Å². The fourth-order valence-electron chi connectivity index (χ4n) is 1.86. The molecule has 0 spiro atoms. The summed E-state index contributed by atoms with van der Waals surface area (Å²) in [6.45, 7) is 8.07. The normalized spacial score (nSPS) is 10.9. The van der Waals surface area contributed by atoms with E-state index < -0.39 is 0 Å². The molecule has 0 amide bonds. The molecule has 1 aromatic carbocycles. The second kappa shape index (κ2) is 3.88. The molecule has 0 saturated heterocycles. The fourth-order valence-corrected chi connectivity index (χ4v) is 1.86. The second-order valence-corrected chi connectivity index (χ2v) is 4.06. The maximum absolute atomic E-state index is 5.97. The summed E-state index contributed by atoms with van der Waals surface area (Å²) in [5.41, 5.74) is 5.10. The van der Waals surface area contributed by atoms with E-state index in [0.717, 1.165) is 22.2 Å². The van der Waals surface area contributed by atoms with Crippen molar-refractivity contribution < 1.29 is 0 Å². The van der Waals surface area contributed by atoms with E-state index in [1.807, 2.05) is 13.8 Å². The van der Waals surface area contributed by atoms with Crippen LogP contribution >= 0.6 is 0 Å². The lowest BCUT2D eigenvalue weighted by atomic mass is 9.67. The molecule has 0 fully saturated rings. The summed E-state index contributed by atoms with van der Waals surface area (Å²) in [5.74, 6) is 0.347. The minimum atomic E-state index is 0.347. The first kappa shape index (κ1) is 11.5. The fraction of sp³-hybridized carbons (Fsp3) is 0.455. The molecule has 0 aromatic heterocycles. The molecule has 3 heteroatoms. The molecule has 0 aliphatic carbocycles. The molecule has 0 nitrogen and oxygen atoms in total. The van der Waals surface area contributed by atoms with Crippen LogP contribution in [-0.4, -0.2) is 23.5 Å². The number of benzene rings is 1. The second-order valence-electron chi connectivity index (χ2n) is 4.06. The molecule has 6 radical (unpaired) electrons. The molecule has 0 heterocycles.